The van der Waals surface area contributed by atoms with Crippen LogP contribution in [0.15, 0.2) is 59.4 Å². The first-order chi connectivity index (χ1) is 12.5. The quantitative estimate of drug-likeness (QED) is 0.740. The van der Waals surface area contributed by atoms with Crippen molar-refractivity contribution in [1.82, 2.24) is 9.55 Å². The summed E-state index contributed by atoms with van der Waals surface area (Å²) in [5.41, 5.74) is 10.7. The van der Waals surface area contributed by atoms with Gasteiger partial charge in [0.2, 0.25) is 5.95 Å². The molecule has 4 heteroatoms. The van der Waals surface area contributed by atoms with Crippen molar-refractivity contribution in [2.75, 3.05) is 5.73 Å². The Balaban J connectivity index is 1.90. The summed E-state index contributed by atoms with van der Waals surface area (Å²) in [5.74, 6) is 2.60. The Labute approximate surface area is 153 Å². The van der Waals surface area contributed by atoms with E-state index >= 15 is 0 Å². The van der Waals surface area contributed by atoms with Gasteiger partial charge in [-0.15, -0.1) is 6.42 Å². The standard InChI is InChI=1S/C22H21N3O/c1-4-17(20-14-21(26)25(3)22(23)24-20)12-16-6-5-7-19(13-16)18-10-8-15(2)9-11-18/h1,5-11,13-14,17H,12H2,2-3H3,(H2,23,24)/t17-/m0/s1. The van der Waals surface area contributed by atoms with E-state index in [0.717, 1.165) is 16.7 Å². The molecule has 2 aromatic carbocycles. The van der Waals surface area contributed by atoms with Gasteiger partial charge < -0.3 is 5.73 Å². The van der Waals surface area contributed by atoms with Gasteiger partial charge in [0, 0.05) is 13.1 Å². The molecule has 0 amide bonds. The van der Waals surface area contributed by atoms with Crippen molar-refractivity contribution >= 4 is 5.95 Å². The molecule has 3 aromatic rings. The Bertz CT molecular complexity index is 1030. The monoisotopic (exact) mass is 343 g/mol. The van der Waals surface area contributed by atoms with Gasteiger partial charge in [0.05, 0.1) is 11.6 Å². The number of nitrogens with two attached hydrogens (primary N) is 1. The molecule has 1 atom stereocenters. The summed E-state index contributed by atoms with van der Waals surface area (Å²) in [5, 5.41) is 0. The Morgan fingerprint density at radius 1 is 1.15 bits per heavy atom. The van der Waals surface area contributed by atoms with Crippen molar-refractivity contribution < 1.29 is 0 Å². The lowest BCUT2D eigenvalue weighted by Gasteiger charge is -2.13. The third kappa shape index (κ3) is 3.68. The zero-order valence-corrected chi connectivity index (χ0v) is 14.9. The summed E-state index contributed by atoms with van der Waals surface area (Å²) in [6.45, 7) is 2.07. The van der Waals surface area contributed by atoms with E-state index in [1.807, 2.05) is 12.1 Å². The highest BCUT2D eigenvalue weighted by Gasteiger charge is 2.14. The number of nitrogen functional groups attached to an aromatic ring is 1. The number of anilines is 1. The van der Waals surface area contributed by atoms with Crippen LogP contribution in [0.4, 0.5) is 5.95 Å². The third-order valence-corrected chi connectivity index (χ3v) is 4.50. The maximum atomic E-state index is 12.0. The fourth-order valence-corrected chi connectivity index (χ4v) is 2.86. The molecular formula is C22H21N3O. The van der Waals surface area contributed by atoms with Crippen LogP contribution in [0.1, 0.15) is 22.7 Å². The molecule has 0 bridgehead atoms. The molecule has 2 N–H and O–H groups in total. The zero-order chi connectivity index (χ0) is 18.7. The van der Waals surface area contributed by atoms with Gasteiger partial charge in [0.25, 0.3) is 5.56 Å². The van der Waals surface area contributed by atoms with Crippen molar-refractivity contribution in [3.8, 4) is 23.5 Å². The minimum Gasteiger partial charge on any atom is -0.369 e. The van der Waals surface area contributed by atoms with Gasteiger partial charge in [0.15, 0.2) is 0 Å². The topological polar surface area (TPSA) is 60.9 Å². The second kappa shape index (κ2) is 7.28. The Hall–Kier alpha value is -3.32. The molecule has 0 saturated heterocycles. The molecule has 0 saturated carbocycles. The molecule has 0 unspecified atom stereocenters. The second-order valence-electron chi connectivity index (χ2n) is 6.43. The van der Waals surface area contributed by atoms with Crippen molar-refractivity contribution in [2.45, 2.75) is 19.3 Å². The molecule has 0 fully saturated rings. The average Bonchev–Trinajstić information content (AvgIpc) is 2.64. The van der Waals surface area contributed by atoms with Crippen LogP contribution in [0.2, 0.25) is 0 Å². The van der Waals surface area contributed by atoms with Gasteiger partial charge in [-0.2, -0.15) is 0 Å². The van der Waals surface area contributed by atoms with Gasteiger partial charge in [-0.25, -0.2) is 4.98 Å². The molecule has 0 aliphatic carbocycles. The second-order valence-corrected chi connectivity index (χ2v) is 6.43. The smallest absolute Gasteiger partial charge is 0.254 e. The Kier molecular flexibility index (Phi) is 4.90. The number of hydrogen-bond acceptors (Lipinski definition) is 3. The number of nitrogens with zero attached hydrogens (tertiary/aromatic N) is 2. The minimum atomic E-state index is -0.306. The Morgan fingerprint density at radius 2 is 1.88 bits per heavy atom. The lowest BCUT2D eigenvalue weighted by Crippen LogP contribution is -2.23. The summed E-state index contributed by atoms with van der Waals surface area (Å²) in [7, 11) is 1.59. The van der Waals surface area contributed by atoms with Crippen molar-refractivity contribution in [2.24, 2.45) is 7.05 Å². The largest absolute Gasteiger partial charge is 0.369 e. The molecule has 0 aliphatic heterocycles. The third-order valence-electron chi connectivity index (χ3n) is 4.50. The molecule has 4 nitrogen and oxygen atoms in total. The van der Waals surface area contributed by atoms with Crippen molar-refractivity contribution in [3.63, 3.8) is 0 Å². The summed E-state index contributed by atoms with van der Waals surface area (Å²) < 4.78 is 1.30. The predicted molar refractivity (Wildman–Crippen MR) is 106 cm³/mol. The highest BCUT2D eigenvalue weighted by atomic mass is 16.1. The molecule has 130 valence electrons. The van der Waals surface area contributed by atoms with Crippen LogP contribution in [0.3, 0.4) is 0 Å². The summed E-state index contributed by atoms with van der Waals surface area (Å²) in [6, 6.07) is 18.1. The molecule has 0 spiro atoms. The van der Waals surface area contributed by atoms with Crippen LogP contribution in [0, 0.1) is 19.3 Å². The molecule has 3 rings (SSSR count). The molecule has 26 heavy (non-hydrogen) atoms. The highest BCUT2D eigenvalue weighted by Crippen LogP contribution is 2.24. The maximum Gasteiger partial charge on any atom is 0.254 e. The van der Waals surface area contributed by atoms with Crippen LogP contribution in [0.25, 0.3) is 11.1 Å². The van der Waals surface area contributed by atoms with Gasteiger partial charge in [-0.1, -0.05) is 60.0 Å². The van der Waals surface area contributed by atoms with Crippen LogP contribution in [-0.4, -0.2) is 9.55 Å². The number of aromatic nitrogens is 2. The minimum absolute atomic E-state index is 0.168. The van der Waals surface area contributed by atoms with Crippen molar-refractivity contribution in [1.29, 1.82) is 0 Å². The number of hydrogen-bond donors (Lipinski definition) is 1. The fourth-order valence-electron chi connectivity index (χ4n) is 2.86. The maximum absolute atomic E-state index is 12.0. The molecular weight excluding hydrogens is 322 g/mol. The van der Waals surface area contributed by atoms with Gasteiger partial charge >= 0.3 is 0 Å². The number of terminal acetylenes is 1. The van der Waals surface area contributed by atoms with Gasteiger partial charge in [-0.3, -0.25) is 9.36 Å². The molecule has 0 aliphatic rings. The number of rotatable bonds is 4. The zero-order valence-electron chi connectivity index (χ0n) is 14.9. The van der Waals surface area contributed by atoms with E-state index in [1.165, 1.54) is 16.2 Å². The van der Waals surface area contributed by atoms with Crippen LogP contribution >= 0.6 is 0 Å². The highest BCUT2D eigenvalue weighted by molar-refractivity contribution is 5.64. The van der Waals surface area contributed by atoms with Gasteiger partial charge in [-0.05, 0) is 30.0 Å². The van der Waals surface area contributed by atoms with E-state index in [9.17, 15) is 4.79 Å². The SMILES string of the molecule is C#C[C@@H](Cc1cccc(-c2ccc(C)cc2)c1)c1cc(=O)n(C)c(N)n1. The predicted octanol–water partition coefficient (Wildman–Crippen LogP) is 3.30. The summed E-state index contributed by atoms with van der Waals surface area (Å²) >= 11 is 0. The van der Waals surface area contributed by atoms with Crippen LogP contribution < -0.4 is 11.3 Å². The first-order valence-electron chi connectivity index (χ1n) is 8.43. The molecule has 0 radical (unpaired) electrons. The van der Waals surface area contributed by atoms with Gasteiger partial charge in [0.1, 0.15) is 0 Å². The van der Waals surface area contributed by atoms with Crippen LogP contribution in [-0.2, 0) is 13.5 Å². The lowest BCUT2D eigenvalue weighted by molar-refractivity contribution is 0.773. The van der Waals surface area contributed by atoms with E-state index in [1.54, 1.807) is 7.05 Å². The number of aryl methyl sites for hydroxylation is 1. The average molecular weight is 343 g/mol. The number of benzene rings is 2. The van der Waals surface area contributed by atoms with E-state index in [2.05, 4.69) is 54.2 Å². The Morgan fingerprint density at radius 3 is 2.54 bits per heavy atom. The van der Waals surface area contributed by atoms with E-state index in [0.29, 0.717) is 12.1 Å². The first kappa shape index (κ1) is 17.5. The van der Waals surface area contributed by atoms with Crippen LogP contribution in [0.5, 0.6) is 0 Å². The normalized spacial score (nSPS) is 11.7. The summed E-state index contributed by atoms with van der Waals surface area (Å²) in [6.07, 6.45) is 6.31. The van der Waals surface area contributed by atoms with E-state index in [4.69, 9.17) is 12.2 Å². The lowest BCUT2D eigenvalue weighted by atomic mass is 9.94. The summed E-state index contributed by atoms with van der Waals surface area (Å²) in [4.78, 5) is 16.3. The fraction of sp³-hybridized carbons (Fsp3) is 0.182. The molecule has 1 aromatic heterocycles. The van der Waals surface area contributed by atoms with Crippen molar-refractivity contribution in [3.05, 3.63) is 81.8 Å². The van der Waals surface area contributed by atoms with E-state index in [-0.39, 0.29) is 17.4 Å². The van der Waals surface area contributed by atoms with E-state index < -0.39 is 0 Å². The molecule has 1 heterocycles. The first-order valence-corrected chi connectivity index (χ1v) is 8.43.